The molecule has 184 valence electrons. The molecule has 6 heteroatoms. The fourth-order valence-corrected chi connectivity index (χ4v) is 6.97. The van der Waals surface area contributed by atoms with Gasteiger partial charge in [-0.3, -0.25) is 9.69 Å². The van der Waals surface area contributed by atoms with Gasteiger partial charge in [-0.2, -0.15) is 0 Å². The van der Waals surface area contributed by atoms with Crippen LogP contribution in [0.2, 0.25) is 5.02 Å². The molecule has 0 unspecified atom stereocenters. The van der Waals surface area contributed by atoms with Gasteiger partial charge < -0.3 is 10.4 Å². The van der Waals surface area contributed by atoms with E-state index in [2.05, 4.69) is 64.3 Å². The molecule has 4 saturated carbocycles. The van der Waals surface area contributed by atoms with Gasteiger partial charge in [0.05, 0.1) is 16.5 Å². The van der Waals surface area contributed by atoms with Crippen LogP contribution in [0.25, 0.3) is 0 Å². The fourth-order valence-electron chi connectivity index (χ4n) is 6.69. The second-order valence-electron chi connectivity index (χ2n) is 13.4. The molecule has 4 fully saturated rings. The molecule has 0 radical (unpaired) electrons. The number of benzene rings is 1. The highest BCUT2D eigenvalue weighted by Crippen LogP contribution is 2.70. The zero-order chi connectivity index (χ0) is 24.7. The van der Waals surface area contributed by atoms with Crippen LogP contribution in [0, 0.1) is 16.2 Å². The highest BCUT2D eigenvalue weighted by atomic mass is 35.5. The van der Waals surface area contributed by atoms with Crippen molar-refractivity contribution in [2.75, 3.05) is 0 Å². The van der Waals surface area contributed by atoms with Crippen molar-refractivity contribution in [2.24, 2.45) is 16.2 Å². The number of carboxylic acid groups (broad SMARTS) is 1. The van der Waals surface area contributed by atoms with Crippen LogP contribution in [0.5, 0.6) is 0 Å². The third-order valence-electron chi connectivity index (χ3n) is 8.88. The predicted molar refractivity (Wildman–Crippen MR) is 134 cm³/mol. The number of fused-ring (bicyclic) bond motifs is 1. The lowest BCUT2D eigenvalue weighted by Gasteiger charge is -2.71. The van der Waals surface area contributed by atoms with Crippen LogP contribution in [-0.2, 0) is 16.8 Å². The Morgan fingerprint density at radius 3 is 2.44 bits per heavy atom. The summed E-state index contributed by atoms with van der Waals surface area (Å²) in [4.78, 5) is 26.9. The normalized spacial score (nSPS) is 33.8. The minimum Gasteiger partial charge on any atom is -0.481 e. The first kappa shape index (κ1) is 23.7. The second kappa shape index (κ2) is 7.25. The number of rotatable bonds is 5. The highest BCUT2D eigenvalue weighted by molar-refractivity contribution is 6.31. The maximum Gasteiger partial charge on any atom is 0.322 e. The Morgan fingerprint density at radius 1 is 1.18 bits per heavy atom. The lowest BCUT2D eigenvalue weighted by Crippen LogP contribution is -2.78. The number of carbonyl (C=O) groups is 2. The van der Waals surface area contributed by atoms with Crippen molar-refractivity contribution >= 4 is 23.6 Å². The van der Waals surface area contributed by atoms with Crippen LogP contribution in [-0.4, -0.2) is 27.5 Å². The number of amides is 2. The molecule has 34 heavy (non-hydrogen) atoms. The van der Waals surface area contributed by atoms with E-state index >= 15 is 0 Å². The number of aryl methyl sites for hydroxylation is 1. The Bertz CT molecular complexity index is 1080. The zero-order valence-electron chi connectivity index (χ0n) is 21.1. The minimum absolute atomic E-state index is 0.116. The van der Waals surface area contributed by atoms with E-state index in [1.54, 1.807) is 0 Å². The first-order valence-electron chi connectivity index (χ1n) is 12.5. The van der Waals surface area contributed by atoms with E-state index in [1.807, 2.05) is 4.90 Å². The van der Waals surface area contributed by atoms with Crippen molar-refractivity contribution < 1.29 is 14.7 Å². The van der Waals surface area contributed by atoms with Crippen LogP contribution in [0.15, 0.2) is 30.0 Å². The third-order valence-corrected chi connectivity index (χ3v) is 9.23. The molecular weight excluding hydrogens is 448 g/mol. The van der Waals surface area contributed by atoms with Gasteiger partial charge in [0.25, 0.3) is 0 Å². The predicted octanol–water partition coefficient (Wildman–Crippen LogP) is 6.64. The molecule has 6 rings (SSSR count). The SMILES string of the molecule is CC(C)(C)CCc1ccc([C@@]23CCC(C)(C)CC2=CN(C24CC(C(=O)O)(C2)C4)C(=O)N3)cc1Cl. The average Bonchev–Trinajstić information content (AvgIpc) is 2.64. The van der Waals surface area contributed by atoms with Gasteiger partial charge in [-0.1, -0.05) is 58.4 Å². The van der Waals surface area contributed by atoms with Gasteiger partial charge in [-0.05, 0) is 85.0 Å². The van der Waals surface area contributed by atoms with E-state index in [9.17, 15) is 14.7 Å². The molecule has 1 heterocycles. The molecule has 0 aromatic heterocycles. The van der Waals surface area contributed by atoms with Crippen LogP contribution in [0.4, 0.5) is 4.79 Å². The Kier molecular flexibility index (Phi) is 5.06. The maximum atomic E-state index is 13.5. The van der Waals surface area contributed by atoms with Crippen LogP contribution >= 0.6 is 11.6 Å². The molecule has 2 bridgehead atoms. The highest BCUT2D eigenvalue weighted by Gasteiger charge is 2.75. The number of carbonyl (C=O) groups excluding carboxylic acids is 1. The van der Waals surface area contributed by atoms with Crippen molar-refractivity contribution in [3.63, 3.8) is 0 Å². The van der Waals surface area contributed by atoms with Gasteiger partial charge in [-0.15, -0.1) is 0 Å². The molecule has 5 nitrogen and oxygen atoms in total. The first-order chi connectivity index (χ1) is 15.7. The molecule has 1 aromatic carbocycles. The Hall–Kier alpha value is -2.01. The lowest BCUT2D eigenvalue weighted by molar-refractivity contribution is -0.215. The van der Waals surface area contributed by atoms with Crippen molar-refractivity contribution in [3.8, 4) is 0 Å². The number of nitrogens with one attached hydrogen (secondary N) is 1. The molecule has 0 spiro atoms. The van der Waals surface area contributed by atoms with Gasteiger partial charge in [0.2, 0.25) is 0 Å². The molecule has 5 aliphatic rings. The summed E-state index contributed by atoms with van der Waals surface area (Å²) in [5, 5.41) is 13.7. The zero-order valence-corrected chi connectivity index (χ0v) is 21.8. The Labute approximate surface area is 207 Å². The molecule has 0 saturated heterocycles. The third kappa shape index (κ3) is 3.57. The first-order valence-corrected chi connectivity index (χ1v) is 12.9. The summed E-state index contributed by atoms with van der Waals surface area (Å²) in [6.45, 7) is 11.3. The number of hydrogen-bond donors (Lipinski definition) is 2. The molecular formula is C28H37ClN2O3. The summed E-state index contributed by atoms with van der Waals surface area (Å²) in [5.74, 6) is -0.728. The summed E-state index contributed by atoms with van der Waals surface area (Å²) in [6.07, 6.45) is 8.42. The molecule has 2 N–H and O–H groups in total. The quantitative estimate of drug-likeness (QED) is 0.492. The summed E-state index contributed by atoms with van der Waals surface area (Å²) in [7, 11) is 0. The summed E-state index contributed by atoms with van der Waals surface area (Å²) in [6, 6.07) is 6.22. The summed E-state index contributed by atoms with van der Waals surface area (Å²) >= 11 is 6.78. The monoisotopic (exact) mass is 484 g/mol. The average molecular weight is 485 g/mol. The van der Waals surface area contributed by atoms with Crippen LogP contribution in [0.3, 0.4) is 0 Å². The number of nitrogens with zero attached hydrogens (tertiary/aromatic N) is 1. The van der Waals surface area contributed by atoms with Gasteiger partial charge in [0, 0.05) is 11.2 Å². The Morgan fingerprint density at radius 2 is 1.85 bits per heavy atom. The number of carboxylic acids is 1. The van der Waals surface area contributed by atoms with Gasteiger partial charge in [0.15, 0.2) is 0 Å². The number of urea groups is 1. The number of aliphatic carboxylic acids is 1. The fraction of sp³-hybridized carbons (Fsp3) is 0.643. The molecule has 2 amide bonds. The molecule has 1 aromatic rings. The topological polar surface area (TPSA) is 69.6 Å². The maximum absolute atomic E-state index is 13.5. The molecule has 1 atom stereocenters. The number of hydrogen-bond acceptors (Lipinski definition) is 2. The molecule has 1 aliphatic heterocycles. The van der Waals surface area contributed by atoms with Crippen molar-refractivity contribution in [1.29, 1.82) is 0 Å². The lowest BCUT2D eigenvalue weighted by atomic mass is 9.38. The van der Waals surface area contributed by atoms with Crippen molar-refractivity contribution in [2.45, 2.75) is 97.1 Å². The van der Waals surface area contributed by atoms with Crippen molar-refractivity contribution in [1.82, 2.24) is 10.2 Å². The van der Waals surface area contributed by atoms with Crippen LogP contribution < -0.4 is 5.32 Å². The van der Waals surface area contributed by atoms with Gasteiger partial charge in [-0.25, -0.2) is 4.79 Å². The van der Waals surface area contributed by atoms with Gasteiger partial charge >= 0.3 is 12.0 Å². The van der Waals surface area contributed by atoms with Gasteiger partial charge in [0.1, 0.15) is 0 Å². The summed E-state index contributed by atoms with van der Waals surface area (Å²) < 4.78 is 0. The van der Waals surface area contributed by atoms with E-state index in [0.717, 1.165) is 48.3 Å². The van der Waals surface area contributed by atoms with E-state index in [-0.39, 0.29) is 22.4 Å². The van der Waals surface area contributed by atoms with Crippen molar-refractivity contribution in [3.05, 3.63) is 46.1 Å². The largest absolute Gasteiger partial charge is 0.481 e. The number of halogens is 1. The molecule has 4 aliphatic carbocycles. The van der Waals surface area contributed by atoms with E-state index in [1.165, 1.54) is 5.57 Å². The Balaban J connectivity index is 1.47. The summed E-state index contributed by atoms with van der Waals surface area (Å²) in [5.41, 5.74) is 2.28. The standard InChI is InChI=1S/C28H37ClN2O3/c1-24(2,3)9-8-18-6-7-19(12-21(18)29)28-11-10-25(4,5)13-20(28)14-31(23(34)30-28)27-15-26(16-27,17-27)22(32)33/h6-7,12,14H,8-11,13,15-17H2,1-5H3,(H,30,34)(H,32,33)/t26?,27?,28-/m0/s1. The van der Waals surface area contributed by atoms with E-state index in [0.29, 0.717) is 19.3 Å². The minimum atomic E-state index is -0.728. The smallest absolute Gasteiger partial charge is 0.322 e. The van der Waals surface area contributed by atoms with Crippen LogP contribution in [0.1, 0.15) is 90.7 Å². The second-order valence-corrected chi connectivity index (χ2v) is 13.8. The van der Waals surface area contributed by atoms with E-state index in [4.69, 9.17) is 11.6 Å². The van der Waals surface area contributed by atoms with E-state index < -0.39 is 16.9 Å².